The van der Waals surface area contributed by atoms with Crippen LogP contribution in [-0.2, 0) is 11.3 Å². The second-order valence-electron chi connectivity index (χ2n) is 4.40. The van der Waals surface area contributed by atoms with E-state index in [1.807, 2.05) is 0 Å². The zero-order valence-electron chi connectivity index (χ0n) is 11.0. The van der Waals surface area contributed by atoms with E-state index in [2.05, 4.69) is 26.6 Å². The molecule has 0 aliphatic heterocycles. The number of benzene rings is 2. The first-order valence-electron chi connectivity index (χ1n) is 6.24. The van der Waals surface area contributed by atoms with E-state index >= 15 is 0 Å². The Bertz CT molecular complexity index is 651. The molecule has 0 radical (unpaired) electrons. The Morgan fingerprint density at radius 1 is 1.24 bits per heavy atom. The van der Waals surface area contributed by atoms with Crippen LogP contribution >= 0.6 is 27.5 Å². The Labute approximate surface area is 135 Å². The molecule has 2 aromatic rings. The topological polar surface area (TPSA) is 41.1 Å². The molecule has 2 aromatic carbocycles. The Kier molecular flexibility index (Phi) is 5.73. The average molecular weight is 372 g/mol. The van der Waals surface area contributed by atoms with Crippen LogP contribution in [0.25, 0.3) is 0 Å². The maximum absolute atomic E-state index is 13.1. The highest BCUT2D eigenvalue weighted by atomic mass is 79.9. The van der Waals surface area contributed by atoms with Gasteiger partial charge in [-0.1, -0.05) is 33.6 Å². The van der Waals surface area contributed by atoms with Crippen molar-refractivity contribution in [3.05, 3.63) is 63.3 Å². The number of carbonyl (C=O) groups is 1. The van der Waals surface area contributed by atoms with Gasteiger partial charge in [0.15, 0.2) is 0 Å². The number of rotatable bonds is 5. The van der Waals surface area contributed by atoms with E-state index in [1.54, 1.807) is 30.3 Å². The second kappa shape index (κ2) is 7.54. The van der Waals surface area contributed by atoms with Gasteiger partial charge in [0.1, 0.15) is 5.82 Å². The third-order valence-corrected chi connectivity index (χ3v) is 3.73. The SMILES string of the molecule is O=C(CNCc1cc(F)ccc1Br)Nc1cccc(Cl)c1. The van der Waals surface area contributed by atoms with Gasteiger partial charge in [-0.15, -0.1) is 0 Å². The fourth-order valence-corrected chi connectivity index (χ4v) is 2.34. The van der Waals surface area contributed by atoms with E-state index in [0.29, 0.717) is 17.3 Å². The fraction of sp³-hybridized carbons (Fsp3) is 0.133. The summed E-state index contributed by atoms with van der Waals surface area (Å²) in [5.41, 5.74) is 1.40. The molecule has 0 atom stereocenters. The maximum atomic E-state index is 13.1. The summed E-state index contributed by atoms with van der Waals surface area (Å²) in [6, 6.07) is 11.4. The molecule has 0 saturated heterocycles. The van der Waals surface area contributed by atoms with E-state index in [4.69, 9.17) is 11.6 Å². The van der Waals surface area contributed by atoms with Crippen molar-refractivity contribution in [2.24, 2.45) is 0 Å². The van der Waals surface area contributed by atoms with Crippen LogP contribution in [0.5, 0.6) is 0 Å². The van der Waals surface area contributed by atoms with Crippen LogP contribution in [-0.4, -0.2) is 12.5 Å². The third kappa shape index (κ3) is 5.12. The Balaban J connectivity index is 1.83. The highest BCUT2D eigenvalue weighted by Crippen LogP contribution is 2.17. The van der Waals surface area contributed by atoms with Crippen LogP contribution in [0.3, 0.4) is 0 Å². The molecule has 0 saturated carbocycles. The molecule has 0 aliphatic rings. The van der Waals surface area contributed by atoms with Gasteiger partial charge in [0.05, 0.1) is 6.54 Å². The first-order chi connectivity index (χ1) is 10.0. The van der Waals surface area contributed by atoms with Crippen molar-refractivity contribution in [2.75, 3.05) is 11.9 Å². The van der Waals surface area contributed by atoms with Crippen LogP contribution in [0.2, 0.25) is 5.02 Å². The Morgan fingerprint density at radius 2 is 2.05 bits per heavy atom. The van der Waals surface area contributed by atoms with E-state index in [0.717, 1.165) is 10.0 Å². The minimum Gasteiger partial charge on any atom is -0.325 e. The van der Waals surface area contributed by atoms with Crippen molar-refractivity contribution < 1.29 is 9.18 Å². The summed E-state index contributed by atoms with van der Waals surface area (Å²) in [4.78, 5) is 11.8. The molecule has 1 amide bonds. The molecule has 0 bridgehead atoms. The molecule has 0 aromatic heterocycles. The van der Waals surface area contributed by atoms with Crippen molar-refractivity contribution in [1.29, 1.82) is 0 Å². The highest BCUT2D eigenvalue weighted by Gasteiger charge is 2.05. The normalized spacial score (nSPS) is 10.4. The van der Waals surface area contributed by atoms with Gasteiger partial charge in [-0.2, -0.15) is 0 Å². The first-order valence-corrected chi connectivity index (χ1v) is 7.42. The van der Waals surface area contributed by atoms with Crippen molar-refractivity contribution in [1.82, 2.24) is 5.32 Å². The minimum atomic E-state index is -0.307. The lowest BCUT2D eigenvalue weighted by atomic mass is 10.2. The maximum Gasteiger partial charge on any atom is 0.238 e. The predicted molar refractivity (Wildman–Crippen MR) is 85.9 cm³/mol. The number of anilines is 1. The minimum absolute atomic E-state index is 0.121. The molecule has 2 N–H and O–H groups in total. The van der Waals surface area contributed by atoms with E-state index < -0.39 is 0 Å². The lowest BCUT2D eigenvalue weighted by molar-refractivity contribution is -0.115. The van der Waals surface area contributed by atoms with Crippen molar-refractivity contribution in [2.45, 2.75) is 6.54 Å². The fourth-order valence-electron chi connectivity index (χ4n) is 1.76. The van der Waals surface area contributed by atoms with Gasteiger partial charge >= 0.3 is 0 Å². The number of nitrogens with one attached hydrogen (secondary N) is 2. The first kappa shape index (κ1) is 15.9. The number of hydrogen-bond donors (Lipinski definition) is 2. The molecule has 0 aliphatic carbocycles. The third-order valence-electron chi connectivity index (χ3n) is 2.72. The summed E-state index contributed by atoms with van der Waals surface area (Å²) < 4.78 is 13.9. The van der Waals surface area contributed by atoms with Gasteiger partial charge in [-0.25, -0.2) is 4.39 Å². The second-order valence-corrected chi connectivity index (χ2v) is 5.69. The summed E-state index contributed by atoms with van der Waals surface area (Å²) >= 11 is 9.17. The van der Waals surface area contributed by atoms with Gasteiger partial charge in [-0.05, 0) is 42.0 Å². The quantitative estimate of drug-likeness (QED) is 0.835. The standard InChI is InChI=1S/C15H13BrClFN2O/c16-14-5-4-12(18)6-10(14)8-19-9-15(21)20-13-3-1-2-11(17)7-13/h1-7,19H,8-9H2,(H,20,21). The molecular weight excluding hydrogens is 359 g/mol. The van der Waals surface area contributed by atoms with Crippen molar-refractivity contribution >= 4 is 39.1 Å². The lowest BCUT2D eigenvalue weighted by Gasteiger charge is -2.08. The molecule has 0 unspecified atom stereocenters. The number of carbonyl (C=O) groups excluding carboxylic acids is 1. The van der Waals surface area contributed by atoms with E-state index in [9.17, 15) is 9.18 Å². The smallest absolute Gasteiger partial charge is 0.238 e. The van der Waals surface area contributed by atoms with Crippen molar-refractivity contribution in [3.63, 3.8) is 0 Å². The molecule has 21 heavy (non-hydrogen) atoms. The molecule has 0 fully saturated rings. The number of amides is 1. The van der Waals surface area contributed by atoms with E-state index in [1.165, 1.54) is 12.1 Å². The monoisotopic (exact) mass is 370 g/mol. The van der Waals surface area contributed by atoms with Gasteiger partial charge in [0, 0.05) is 21.7 Å². The van der Waals surface area contributed by atoms with Crippen LogP contribution in [0, 0.1) is 5.82 Å². The van der Waals surface area contributed by atoms with Crippen LogP contribution in [0.15, 0.2) is 46.9 Å². The van der Waals surface area contributed by atoms with Crippen LogP contribution in [0.4, 0.5) is 10.1 Å². The van der Waals surface area contributed by atoms with Crippen LogP contribution in [0.1, 0.15) is 5.56 Å². The lowest BCUT2D eigenvalue weighted by Crippen LogP contribution is -2.27. The summed E-state index contributed by atoms with van der Waals surface area (Å²) in [6.45, 7) is 0.511. The summed E-state index contributed by atoms with van der Waals surface area (Å²) in [5.74, 6) is -0.497. The van der Waals surface area contributed by atoms with Crippen molar-refractivity contribution in [3.8, 4) is 0 Å². The number of hydrogen-bond acceptors (Lipinski definition) is 2. The Hall–Kier alpha value is -1.43. The summed E-state index contributed by atoms with van der Waals surface area (Å²) in [6.07, 6.45) is 0. The summed E-state index contributed by atoms with van der Waals surface area (Å²) in [5, 5.41) is 6.25. The highest BCUT2D eigenvalue weighted by molar-refractivity contribution is 9.10. The van der Waals surface area contributed by atoms with Gasteiger partial charge in [0.2, 0.25) is 5.91 Å². The van der Waals surface area contributed by atoms with E-state index in [-0.39, 0.29) is 18.3 Å². The number of halogens is 3. The van der Waals surface area contributed by atoms with Gasteiger partial charge in [-0.3, -0.25) is 4.79 Å². The summed E-state index contributed by atoms with van der Waals surface area (Å²) in [7, 11) is 0. The van der Waals surface area contributed by atoms with Gasteiger partial charge in [0.25, 0.3) is 0 Å². The zero-order valence-corrected chi connectivity index (χ0v) is 13.3. The molecule has 0 heterocycles. The molecule has 6 heteroatoms. The molecule has 0 spiro atoms. The molecule has 3 nitrogen and oxygen atoms in total. The average Bonchev–Trinajstić information content (AvgIpc) is 2.42. The largest absolute Gasteiger partial charge is 0.325 e. The molecule has 110 valence electrons. The molecular formula is C15H13BrClFN2O. The van der Waals surface area contributed by atoms with Gasteiger partial charge < -0.3 is 10.6 Å². The predicted octanol–water partition coefficient (Wildman–Crippen LogP) is 3.97. The zero-order chi connectivity index (χ0) is 15.2. The Morgan fingerprint density at radius 3 is 2.81 bits per heavy atom. The molecule has 2 rings (SSSR count). The van der Waals surface area contributed by atoms with Crippen LogP contribution < -0.4 is 10.6 Å².